The smallest absolute Gasteiger partial charge is 0.318 e. The lowest BCUT2D eigenvalue weighted by atomic mass is 10.3. The number of hydrogen-bond donors (Lipinski definition) is 2. The van der Waals surface area contributed by atoms with Crippen molar-refractivity contribution in [2.75, 3.05) is 6.54 Å². The van der Waals surface area contributed by atoms with E-state index in [-0.39, 0.29) is 12.1 Å². The summed E-state index contributed by atoms with van der Waals surface area (Å²) in [6.07, 6.45) is 0.805. The van der Waals surface area contributed by atoms with Crippen LogP contribution in [0.25, 0.3) is 0 Å². The summed E-state index contributed by atoms with van der Waals surface area (Å²) in [4.78, 5) is 17.6. The molecule has 0 spiro atoms. The molecule has 1 heterocycles. The van der Waals surface area contributed by atoms with Gasteiger partial charge in [-0.2, -0.15) is 0 Å². The van der Waals surface area contributed by atoms with Crippen LogP contribution in [-0.2, 0) is 6.54 Å². The van der Waals surface area contributed by atoms with Crippen molar-refractivity contribution in [3.8, 4) is 0 Å². The number of aromatic nitrogens is 1. The first-order valence-corrected chi connectivity index (χ1v) is 6.03. The van der Waals surface area contributed by atoms with Crippen molar-refractivity contribution in [2.45, 2.75) is 46.4 Å². The highest BCUT2D eigenvalue weighted by Crippen LogP contribution is 2.05. The van der Waals surface area contributed by atoms with Crippen LogP contribution >= 0.6 is 0 Å². The van der Waals surface area contributed by atoms with Crippen molar-refractivity contribution < 1.29 is 14.3 Å². The maximum absolute atomic E-state index is 12.0. The normalized spacial score (nSPS) is 12.6. The van der Waals surface area contributed by atoms with E-state index in [1.54, 1.807) is 18.7 Å². The van der Waals surface area contributed by atoms with Crippen LogP contribution in [0.4, 0.5) is 4.79 Å². The van der Waals surface area contributed by atoms with Gasteiger partial charge in [-0.15, -0.1) is 0 Å². The number of hydrogen-bond acceptors (Lipinski definition) is 4. The first kappa shape index (κ1) is 14.5. The van der Waals surface area contributed by atoms with Gasteiger partial charge < -0.3 is 19.7 Å². The molecule has 1 atom stereocenters. The van der Waals surface area contributed by atoms with E-state index in [4.69, 9.17) is 4.42 Å². The van der Waals surface area contributed by atoms with Gasteiger partial charge in [-0.05, 0) is 27.7 Å². The van der Waals surface area contributed by atoms with Crippen molar-refractivity contribution in [1.29, 1.82) is 0 Å². The average molecular weight is 255 g/mol. The summed E-state index contributed by atoms with van der Waals surface area (Å²) in [5.41, 5.74) is 0.712. The van der Waals surface area contributed by atoms with Gasteiger partial charge >= 0.3 is 6.03 Å². The Balaban J connectivity index is 2.54. The van der Waals surface area contributed by atoms with Crippen LogP contribution in [0.15, 0.2) is 10.8 Å². The molecular weight excluding hydrogens is 234 g/mol. The molecule has 2 N–H and O–H groups in total. The van der Waals surface area contributed by atoms with Crippen molar-refractivity contribution >= 4 is 6.03 Å². The Morgan fingerprint density at radius 1 is 1.56 bits per heavy atom. The summed E-state index contributed by atoms with van der Waals surface area (Å²) in [5, 5.41) is 12.1. The van der Waals surface area contributed by atoms with Crippen LogP contribution in [0, 0.1) is 6.92 Å². The molecule has 18 heavy (non-hydrogen) atoms. The number of carbonyl (C=O) groups is 1. The molecule has 1 aromatic heterocycles. The molecule has 1 aromatic rings. The lowest BCUT2D eigenvalue weighted by molar-refractivity contribution is 0.118. The molecule has 1 unspecified atom stereocenters. The SMILES string of the molecule is Cc1ocnc1CNC(=O)N(CC(C)O)C(C)C. The number of oxazole rings is 1. The zero-order chi connectivity index (χ0) is 13.7. The number of aliphatic hydroxyl groups excluding tert-OH is 1. The topological polar surface area (TPSA) is 78.6 Å². The van der Waals surface area contributed by atoms with E-state index < -0.39 is 6.10 Å². The van der Waals surface area contributed by atoms with Crippen molar-refractivity contribution in [1.82, 2.24) is 15.2 Å². The molecule has 0 aliphatic rings. The predicted octanol–water partition coefficient (Wildman–Crippen LogP) is 1.28. The van der Waals surface area contributed by atoms with E-state index in [1.807, 2.05) is 13.8 Å². The number of nitrogens with zero attached hydrogens (tertiary/aromatic N) is 2. The fourth-order valence-electron chi connectivity index (χ4n) is 1.57. The Kier molecular flexibility index (Phi) is 5.15. The minimum atomic E-state index is -0.549. The summed E-state index contributed by atoms with van der Waals surface area (Å²) >= 11 is 0. The molecule has 0 aromatic carbocycles. The number of nitrogens with one attached hydrogen (secondary N) is 1. The van der Waals surface area contributed by atoms with Crippen LogP contribution in [0.3, 0.4) is 0 Å². The van der Waals surface area contributed by atoms with Crippen LogP contribution in [0.1, 0.15) is 32.2 Å². The number of rotatable bonds is 5. The zero-order valence-corrected chi connectivity index (χ0v) is 11.3. The third-order valence-electron chi connectivity index (χ3n) is 2.60. The largest absolute Gasteiger partial charge is 0.448 e. The maximum atomic E-state index is 12.0. The highest BCUT2D eigenvalue weighted by Gasteiger charge is 2.18. The summed E-state index contributed by atoms with van der Waals surface area (Å²) in [6, 6.07) is -0.189. The predicted molar refractivity (Wildman–Crippen MR) is 67.0 cm³/mol. The van der Waals surface area contributed by atoms with E-state index in [9.17, 15) is 9.90 Å². The molecule has 0 saturated carbocycles. The molecule has 2 amide bonds. The van der Waals surface area contributed by atoms with Crippen LogP contribution in [-0.4, -0.2) is 39.7 Å². The molecule has 0 saturated heterocycles. The monoisotopic (exact) mass is 255 g/mol. The maximum Gasteiger partial charge on any atom is 0.318 e. The summed E-state index contributed by atoms with van der Waals surface area (Å²) in [7, 11) is 0. The average Bonchev–Trinajstić information content (AvgIpc) is 2.68. The second-order valence-corrected chi connectivity index (χ2v) is 4.61. The minimum absolute atomic E-state index is 0.0259. The number of amides is 2. The van der Waals surface area contributed by atoms with Crippen molar-refractivity contribution in [3.63, 3.8) is 0 Å². The zero-order valence-electron chi connectivity index (χ0n) is 11.3. The van der Waals surface area contributed by atoms with Gasteiger partial charge in [-0.25, -0.2) is 9.78 Å². The van der Waals surface area contributed by atoms with E-state index >= 15 is 0 Å². The van der Waals surface area contributed by atoms with Crippen LogP contribution < -0.4 is 5.32 Å². The highest BCUT2D eigenvalue weighted by molar-refractivity contribution is 5.74. The summed E-state index contributed by atoms with van der Waals surface area (Å²) in [5.74, 6) is 0.696. The Bertz CT molecular complexity index is 388. The molecule has 1 rings (SSSR count). The fourth-order valence-corrected chi connectivity index (χ4v) is 1.57. The minimum Gasteiger partial charge on any atom is -0.448 e. The number of urea groups is 1. The molecule has 6 heteroatoms. The number of carbonyl (C=O) groups excluding carboxylic acids is 1. The van der Waals surface area contributed by atoms with Crippen molar-refractivity contribution in [3.05, 3.63) is 17.8 Å². The molecule has 0 bridgehead atoms. The quantitative estimate of drug-likeness (QED) is 0.830. The molecule has 0 radical (unpaired) electrons. The first-order valence-electron chi connectivity index (χ1n) is 6.03. The van der Waals surface area contributed by atoms with E-state index in [1.165, 1.54) is 6.39 Å². The molecule has 0 fully saturated rings. The van der Waals surface area contributed by atoms with Gasteiger partial charge in [0.1, 0.15) is 11.5 Å². The molecular formula is C12H21N3O3. The van der Waals surface area contributed by atoms with Gasteiger partial charge in [0, 0.05) is 12.6 Å². The molecule has 102 valence electrons. The molecule has 0 aliphatic carbocycles. The lowest BCUT2D eigenvalue weighted by Gasteiger charge is -2.28. The molecule has 6 nitrogen and oxygen atoms in total. The standard InChI is InChI=1S/C12H21N3O3/c1-8(2)15(6-9(3)16)12(17)13-5-11-10(4)18-7-14-11/h7-9,16H,5-6H2,1-4H3,(H,13,17). The lowest BCUT2D eigenvalue weighted by Crippen LogP contribution is -2.46. The first-order chi connectivity index (χ1) is 8.41. The van der Waals surface area contributed by atoms with Gasteiger partial charge in [0.15, 0.2) is 6.39 Å². The van der Waals surface area contributed by atoms with E-state index in [2.05, 4.69) is 10.3 Å². The van der Waals surface area contributed by atoms with E-state index in [0.717, 1.165) is 0 Å². The van der Waals surface area contributed by atoms with Gasteiger partial charge in [0.2, 0.25) is 0 Å². The van der Waals surface area contributed by atoms with Crippen molar-refractivity contribution in [2.24, 2.45) is 0 Å². The number of aliphatic hydroxyl groups is 1. The Morgan fingerprint density at radius 2 is 2.22 bits per heavy atom. The Hall–Kier alpha value is -1.56. The van der Waals surface area contributed by atoms with Gasteiger partial charge in [-0.1, -0.05) is 0 Å². The Labute approximate surface area is 107 Å². The number of aryl methyl sites for hydroxylation is 1. The summed E-state index contributed by atoms with van der Waals surface area (Å²) < 4.78 is 5.05. The van der Waals surface area contributed by atoms with Crippen LogP contribution in [0.5, 0.6) is 0 Å². The third-order valence-corrected chi connectivity index (χ3v) is 2.60. The molecule has 0 aliphatic heterocycles. The van der Waals surface area contributed by atoms with Gasteiger partial charge in [0.25, 0.3) is 0 Å². The van der Waals surface area contributed by atoms with Gasteiger partial charge in [0.05, 0.1) is 12.6 Å². The fraction of sp³-hybridized carbons (Fsp3) is 0.667. The highest BCUT2D eigenvalue weighted by atomic mass is 16.3. The van der Waals surface area contributed by atoms with E-state index in [0.29, 0.717) is 24.5 Å². The van der Waals surface area contributed by atoms with Crippen LogP contribution in [0.2, 0.25) is 0 Å². The Morgan fingerprint density at radius 3 is 2.67 bits per heavy atom. The summed E-state index contributed by atoms with van der Waals surface area (Å²) in [6.45, 7) is 7.90. The van der Waals surface area contributed by atoms with Gasteiger partial charge in [-0.3, -0.25) is 0 Å². The second kappa shape index (κ2) is 6.39. The third kappa shape index (κ3) is 4.03. The second-order valence-electron chi connectivity index (χ2n) is 4.61.